The molecule has 0 aliphatic rings. The Balaban J connectivity index is 1.50. The molecule has 0 radical (unpaired) electrons. The molecule has 3 aromatic carbocycles. The predicted octanol–water partition coefficient (Wildman–Crippen LogP) is 4.95. The number of aromatic nitrogens is 1. The molecule has 1 atom stereocenters. The molecule has 4 aromatic rings. The van der Waals surface area contributed by atoms with E-state index in [0.717, 1.165) is 27.6 Å². The Morgan fingerprint density at radius 2 is 1.75 bits per heavy atom. The van der Waals surface area contributed by atoms with Gasteiger partial charge in [-0.05, 0) is 41.8 Å². The Labute approximate surface area is 186 Å². The van der Waals surface area contributed by atoms with Crippen molar-refractivity contribution >= 4 is 28.6 Å². The average Bonchev–Trinajstić information content (AvgIpc) is 3.21. The first kappa shape index (κ1) is 21.2. The lowest BCUT2D eigenvalue weighted by atomic mass is 10.0. The highest BCUT2D eigenvalue weighted by Gasteiger charge is 2.23. The summed E-state index contributed by atoms with van der Waals surface area (Å²) < 4.78 is 5.35. The van der Waals surface area contributed by atoms with Gasteiger partial charge in [-0.25, -0.2) is 4.79 Å². The van der Waals surface area contributed by atoms with Crippen LogP contribution in [0.2, 0.25) is 0 Å². The molecule has 6 nitrogen and oxygen atoms in total. The maximum atomic E-state index is 13.1. The number of H-pyrrole nitrogens is 1. The van der Waals surface area contributed by atoms with E-state index < -0.39 is 12.1 Å². The van der Waals surface area contributed by atoms with Gasteiger partial charge in [-0.15, -0.1) is 0 Å². The van der Waals surface area contributed by atoms with E-state index in [0.29, 0.717) is 12.1 Å². The number of aryl methyl sites for hydroxylation is 1. The summed E-state index contributed by atoms with van der Waals surface area (Å²) in [6.07, 6.45) is 1.55. The molecule has 1 heterocycles. The van der Waals surface area contributed by atoms with Gasteiger partial charge in [0.25, 0.3) is 0 Å². The number of hydrogen-bond acceptors (Lipinski definition) is 3. The molecular formula is C26H25N3O3. The van der Waals surface area contributed by atoms with Gasteiger partial charge >= 0.3 is 6.09 Å². The fourth-order valence-corrected chi connectivity index (χ4v) is 3.59. The van der Waals surface area contributed by atoms with Crippen molar-refractivity contribution in [1.29, 1.82) is 0 Å². The van der Waals surface area contributed by atoms with Crippen molar-refractivity contribution in [2.45, 2.75) is 26.0 Å². The minimum absolute atomic E-state index is 0.131. The zero-order chi connectivity index (χ0) is 22.3. The van der Waals surface area contributed by atoms with Crippen LogP contribution in [0.15, 0.2) is 85.1 Å². The molecule has 0 saturated carbocycles. The minimum Gasteiger partial charge on any atom is -0.445 e. The highest BCUT2D eigenvalue weighted by Crippen LogP contribution is 2.20. The predicted molar refractivity (Wildman–Crippen MR) is 125 cm³/mol. The number of aromatic amines is 1. The molecule has 0 aliphatic heterocycles. The molecule has 2 amide bonds. The Hall–Kier alpha value is -4.06. The fraction of sp³-hybridized carbons (Fsp3) is 0.154. The number of anilines is 1. The maximum absolute atomic E-state index is 13.1. The van der Waals surface area contributed by atoms with Crippen molar-refractivity contribution in [1.82, 2.24) is 10.3 Å². The maximum Gasteiger partial charge on any atom is 0.408 e. The van der Waals surface area contributed by atoms with E-state index >= 15 is 0 Å². The molecular weight excluding hydrogens is 402 g/mol. The van der Waals surface area contributed by atoms with Crippen LogP contribution in [0.4, 0.5) is 10.5 Å². The molecule has 0 unspecified atom stereocenters. The fourth-order valence-electron chi connectivity index (χ4n) is 3.59. The largest absolute Gasteiger partial charge is 0.445 e. The van der Waals surface area contributed by atoms with Gasteiger partial charge in [-0.3, -0.25) is 4.79 Å². The molecule has 0 fully saturated rings. The van der Waals surface area contributed by atoms with Crippen LogP contribution in [-0.4, -0.2) is 23.0 Å². The SMILES string of the molecule is Cc1cccc(NC(=O)[C@@H](Cc2c[nH]c3ccccc23)NC(=O)OCc2ccccc2)c1. The van der Waals surface area contributed by atoms with Crippen LogP contribution in [-0.2, 0) is 22.6 Å². The topological polar surface area (TPSA) is 83.2 Å². The van der Waals surface area contributed by atoms with Gasteiger partial charge < -0.3 is 20.4 Å². The van der Waals surface area contributed by atoms with E-state index in [4.69, 9.17) is 4.74 Å². The first-order valence-corrected chi connectivity index (χ1v) is 10.5. The van der Waals surface area contributed by atoms with Gasteiger partial charge in [-0.1, -0.05) is 60.7 Å². The van der Waals surface area contributed by atoms with E-state index in [9.17, 15) is 9.59 Å². The summed E-state index contributed by atoms with van der Waals surface area (Å²) in [5, 5.41) is 6.66. The van der Waals surface area contributed by atoms with Crippen molar-refractivity contribution < 1.29 is 14.3 Å². The van der Waals surface area contributed by atoms with Crippen molar-refractivity contribution in [3.05, 3.63) is 102 Å². The molecule has 3 N–H and O–H groups in total. The minimum atomic E-state index is -0.807. The number of carbonyl (C=O) groups is 2. The average molecular weight is 428 g/mol. The van der Waals surface area contributed by atoms with Gasteiger partial charge in [0.05, 0.1) is 0 Å². The molecule has 0 saturated heterocycles. The molecule has 1 aromatic heterocycles. The summed E-state index contributed by atoms with van der Waals surface area (Å²) in [7, 11) is 0. The first-order valence-electron chi connectivity index (χ1n) is 10.5. The molecule has 162 valence electrons. The molecule has 32 heavy (non-hydrogen) atoms. The lowest BCUT2D eigenvalue weighted by molar-refractivity contribution is -0.118. The third kappa shape index (κ3) is 5.35. The summed E-state index contributed by atoms with van der Waals surface area (Å²) in [6.45, 7) is 2.09. The van der Waals surface area contributed by atoms with Gasteiger partial charge in [0.1, 0.15) is 12.6 Å². The number of alkyl carbamates (subject to hydrolysis) is 1. The molecule has 4 rings (SSSR count). The standard InChI is InChI=1S/C26H25N3O3/c1-18-8-7-11-21(14-18)28-25(30)24(15-20-16-27-23-13-6-5-12-22(20)23)29-26(31)32-17-19-9-3-2-4-10-19/h2-14,16,24,27H,15,17H2,1H3,(H,28,30)(H,29,31)/t24-/m1/s1. The van der Waals surface area contributed by atoms with E-state index in [1.165, 1.54) is 0 Å². The molecule has 0 bridgehead atoms. The van der Waals surface area contributed by atoms with Gasteiger partial charge in [0.15, 0.2) is 0 Å². The van der Waals surface area contributed by atoms with Crippen molar-refractivity contribution in [2.75, 3.05) is 5.32 Å². The lowest BCUT2D eigenvalue weighted by Gasteiger charge is -2.18. The highest BCUT2D eigenvalue weighted by atomic mass is 16.5. The zero-order valence-electron chi connectivity index (χ0n) is 17.8. The van der Waals surface area contributed by atoms with Crippen LogP contribution in [0.3, 0.4) is 0 Å². The van der Waals surface area contributed by atoms with E-state index in [2.05, 4.69) is 15.6 Å². The Morgan fingerprint density at radius 3 is 2.56 bits per heavy atom. The third-order valence-corrected chi connectivity index (χ3v) is 5.21. The lowest BCUT2D eigenvalue weighted by Crippen LogP contribution is -2.45. The Bertz CT molecular complexity index is 1220. The number of nitrogens with one attached hydrogen (secondary N) is 3. The van der Waals surface area contributed by atoms with Crippen molar-refractivity contribution in [3.63, 3.8) is 0 Å². The van der Waals surface area contributed by atoms with Gasteiger partial charge in [-0.2, -0.15) is 0 Å². The van der Waals surface area contributed by atoms with Crippen LogP contribution in [0.5, 0.6) is 0 Å². The van der Waals surface area contributed by atoms with Crippen LogP contribution in [0.1, 0.15) is 16.7 Å². The summed E-state index contributed by atoms with van der Waals surface area (Å²) in [5.74, 6) is -0.308. The quantitative estimate of drug-likeness (QED) is 0.390. The summed E-state index contributed by atoms with van der Waals surface area (Å²) >= 11 is 0. The van der Waals surface area contributed by atoms with Gasteiger partial charge in [0, 0.05) is 29.2 Å². The smallest absolute Gasteiger partial charge is 0.408 e. The number of para-hydroxylation sites is 1. The number of benzene rings is 3. The number of hydrogen-bond donors (Lipinski definition) is 3. The first-order chi connectivity index (χ1) is 15.6. The molecule has 0 spiro atoms. The zero-order valence-corrected chi connectivity index (χ0v) is 17.8. The summed E-state index contributed by atoms with van der Waals surface area (Å²) in [6, 6.07) is 24.0. The number of fused-ring (bicyclic) bond motifs is 1. The van der Waals surface area contributed by atoms with E-state index in [1.54, 1.807) is 0 Å². The van der Waals surface area contributed by atoms with Crippen LogP contribution in [0.25, 0.3) is 10.9 Å². The van der Waals surface area contributed by atoms with Crippen LogP contribution in [0, 0.1) is 6.92 Å². The van der Waals surface area contributed by atoms with Crippen LogP contribution < -0.4 is 10.6 Å². The Kier molecular flexibility index (Phi) is 6.51. The van der Waals surface area contributed by atoms with Gasteiger partial charge in [0.2, 0.25) is 5.91 Å². The molecule has 6 heteroatoms. The second-order valence-corrected chi connectivity index (χ2v) is 7.68. The second kappa shape index (κ2) is 9.83. The van der Waals surface area contributed by atoms with Crippen molar-refractivity contribution in [3.8, 4) is 0 Å². The summed E-state index contributed by atoms with van der Waals surface area (Å²) in [4.78, 5) is 28.8. The number of amides is 2. The Morgan fingerprint density at radius 1 is 0.969 bits per heavy atom. The normalized spacial score (nSPS) is 11.7. The van der Waals surface area contributed by atoms with E-state index in [1.807, 2.05) is 92.0 Å². The monoisotopic (exact) mass is 427 g/mol. The number of ether oxygens (including phenoxy) is 1. The van der Waals surface area contributed by atoms with Crippen LogP contribution >= 0.6 is 0 Å². The van der Waals surface area contributed by atoms with Crippen molar-refractivity contribution in [2.24, 2.45) is 0 Å². The number of carbonyl (C=O) groups excluding carboxylic acids is 2. The second-order valence-electron chi connectivity index (χ2n) is 7.68. The highest BCUT2D eigenvalue weighted by molar-refractivity contribution is 5.97. The molecule has 0 aliphatic carbocycles. The number of rotatable bonds is 7. The van der Waals surface area contributed by atoms with E-state index in [-0.39, 0.29) is 12.5 Å². The summed E-state index contributed by atoms with van der Waals surface area (Å²) in [5.41, 5.74) is 4.50. The third-order valence-electron chi connectivity index (χ3n) is 5.21.